The minimum Gasteiger partial charge on any atom is -0.497 e. The third-order valence-electron chi connectivity index (χ3n) is 5.62. The summed E-state index contributed by atoms with van der Waals surface area (Å²) in [5, 5.41) is 2.88. The van der Waals surface area contributed by atoms with E-state index in [0.29, 0.717) is 40.4 Å². The van der Waals surface area contributed by atoms with Gasteiger partial charge in [0, 0.05) is 30.9 Å². The summed E-state index contributed by atoms with van der Waals surface area (Å²) >= 11 is 0. The summed E-state index contributed by atoms with van der Waals surface area (Å²) in [6.07, 6.45) is 1.89. The smallest absolute Gasteiger partial charge is 0.265 e. The average Bonchev–Trinajstić information content (AvgIpc) is 3.11. The first-order valence-corrected chi connectivity index (χ1v) is 11.0. The Kier molecular flexibility index (Phi) is 6.91. The maximum absolute atomic E-state index is 12.9. The summed E-state index contributed by atoms with van der Waals surface area (Å²) < 4.78 is 10.5. The van der Waals surface area contributed by atoms with Gasteiger partial charge in [-0.25, -0.2) is 0 Å². The van der Waals surface area contributed by atoms with Crippen LogP contribution in [0.4, 0.5) is 11.4 Å². The molecule has 8 nitrogen and oxygen atoms in total. The lowest BCUT2D eigenvalue weighted by Crippen LogP contribution is -2.30. The lowest BCUT2D eigenvalue weighted by molar-refractivity contribution is 0.0658. The number of ether oxygens (including phenoxy) is 2. The molecule has 1 heterocycles. The number of methoxy groups -OCH3 is 2. The standard InChI is InChI=1S/C27H25N3O5/c1-17-7-4-8-18(15-17)29-25(31)20-12-11-19(34-2)16-22(20)28-13-6-14-30-26(32)21-9-5-10-23(35-3)24(21)27(30)33/h4-5,7-13,15-16H,6,14H2,1-3H3,(H,29,31). The molecule has 0 saturated heterocycles. The van der Waals surface area contributed by atoms with Crippen LogP contribution in [0, 0.1) is 6.92 Å². The van der Waals surface area contributed by atoms with Crippen LogP contribution in [0.25, 0.3) is 0 Å². The highest BCUT2D eigenvalue weighted by Crippen LogP contribution is 2.31. The second-order valence-corrected chi connectivity index (χ2v) is 7.95. The second kappa shape index (κ2) is 10.2. The molecule has 0 unspecified atom stereocenters. The monoisotopic (exact) mass is 471 g/mol. The van der Waals surface area contributed by atoms with Crippen molar-refractivity contribution in [2.45, 2.75) is 13.3 Å². The fraction of sp³-hybridized carbons (Fsp3) is 0.185. The van der Waals surface area contributed by atoms with Crippen molar-refractivity contribution in [2.24, 2.45) is 4.99 Å². The van der Waals surface area contributed by atoms with E-state index >= 15 is 0 Å². The van der Waals surface area contributed by atoms with Gasteiger partial charge in [0.15, 0.2) is 0 Å². The lowest BCUT2D eigenvalue weighted by Gasteiger charge is -2.12. The van der Waals surface area contributed by atoms with Crippen LogP contribution >= 0.6 is 0 Å². The van der Waals surface area contributed by atoms with Gasteiger partial charge in [0.1, 0.15) is 11.5 Å². The van der Waals surface area contributed by atoms with Crippen molar-refractivity contribution in [3.8, 4) is 11.5 Å². The van der Waals surface area contributed by atoms with E-state index in [1.54, 1.807) is 42.6 Å². The number of aliphatic imine (C=N–C) groups is 1. The fourth-order valence-electron chi connectivity index (χ4n) is 3.88. The van der Waals surface area contributed by atoms with Gasteiger partial charge >= 0.3 is 0 Å². The number of fused-ring (bicyclic) bond motifs is 1. The largest absolute Gasteiger partial charge is 0.497 e. The molecule has 0 fully saturated rings. The number of anilines is 1. The third kappa shape index (κ3) is 4.91. The number of amides is 3. The quantitative estimate of drug-likeness (QED) is 0.381. The van der Waals surface area contributed by atoms with Gasteiger partial charge in [0.2, 0.25) is 0 Å². The summed E-state index contributed by atoms with van der Waals surface area (Å²) in [7, 11) is 3.00. The Balaban J connectivity index is 1.48. The van der Waals surface area contributed by atoms with Gasteiger partial charge in [0.05, 0.1) is 36.6 Å². The fourth-order valence-corrected chi connectivity index (χ4v) is 3.88. The Bertz CT molecular complexity index is 1330. The second-order valence-electron chi connectivity index (χ2n) is 7.95. The van der Waals surface area contributed by atoms with E-state index in [1.165, 1.54) is 19.1 Å². The molecule has 0 spiro atoms. The summed E-state index contributed by atoms with van der Waals surface area (Å²) in [6, 6.07) is 17.5. The number of hydrogen-bond donors (Lipinski definition) is 1. The zero-order valence-corrected chi connectivity index (χ0v) is 19.7. The van der Waals surface area contributed by atoms with Gasteiger partial charge in [-0.1, -0.05) is 18.2 Å². The zero-order valence-electron chi connectivity index (χ0n) is 19.7. The van der Waals surface area contributed by atoms with E-state index < -0.39 is 5.91 Å². The first-order chi connectivity index (χ1) is 16.9. The number of carbonyl (C=O) groups excluding carboxylic acids is 3. The molecule has 0 saturated carbocycles. The molecule has 4 rings (SSSR count). The molecule has 1 N–H and O–H groups in total. The highest BCUT2D eigenvalue weighted by atomic mass is 16.5. The molecule has 0 atom stereocenters. The number of aryl methyl sites for hydroxylation is 1. The topological polar surface area (TPSA) is 97.3 Å². The van der Waals surface area contributed by atoms with Crippen molar-refractivity contribution < 1.29 is 23.9 Å². The van der Waals surface area contributed by atoms with E-state index in [9.17, 15) is 14.4 Å². The van der Waals surface area contributed by atoms with Crippen LogP contribution in [-0.2, 0) is 0 Å². The van der Waals surface area contributed by atoms with E-state index in [4.69, 9.17) is 9.47 Å². The summed E-state index contributed by atoms with van der Waals surface area (Å²) in [5.41, 5.74) is 3.10. The van der Waals surface area contributed by atoms with E-state index in [1.807, 2.05) is 31.2 Å². The minimum absolute atomic E-state index is 0.147. The molecule has 0 bridgehead atoms. The number of benzene rings is 3. The highest BCUT2D eigenvalue weighted by Gasteiger charge is 2.37. The van der Waals surface area contributed by atoms with Gasteiger partial charge in [-0.3, -0.25) is 24.3 Å². The van der Waals surface area contributed by atoms with Crippen LogP contribution in [-0.4, -0.2) is 49.6 Å². The van der Waals surface area contributed by atoms with Crippen LogP contribution in [0.1, 0.15) is 43.1 Å². The van der Waals surface area contributed by atoms with E-state index in [-0.39, 0.29) is 23.9 Å². The average molecular weight is 472 g/mol. The molecule has 3 aromatic carbocycles. The molecule has 35 heavy (non-hydrogen) atoms. The maximum atomic E-state index is 12.9. The molecule has 0 aliphatic carbocycles. The minimum atomic E-state index is -0.393. The molecule has 8 heteroatoms. The van der Waals surface area contributed by atoms with Gasteiger partial charge in [-0.05, 0) is 48.9 Å². The van der Waals surface area contributed by atoms with Crippen molar-refractivity contribution in [1.29, 1.82) is 0 Å². The van der Waals surface area contributed by atoms with Crippen LogP contribution in [0.15, 0.2) is 65.7 Å². The number of imide groups is 1. The zero-order chi connectivity index (χ0) is 24.9. The van der Waals surface area contributed by atoms with Crippen LogP contribution in [0.2, 0.25) is 0 Å². The molecule has 3 aromatic rings. The maximum Gasteiger partial charge on any atom is 0.265 e. The van der Waals surface area contributed by atoms with Crippen molar-refractivity contribution in [3.05, 3.63) is 82.9 Å². The van der Waals surface area contributed by atoms with E-state index in [2.05, 4.69) is 10.3 Å². The van der Waals surface area contributed by atoms with Crippen molar-refractivity contribution in [3.63, 3.8) is 0 Å². The van der Waals surface area contributed by atoms with Crippen molar-refractivity contribution in [1.82, 2.24) is 4.90 Å². The Morgan fingerprint density at radius 3 is 2.54 bits per heavy atom. The summed E-state index contributed by atoms with van der Waals surface area (Å²) in [4.78, 5) is 44.0. The summed E-state index contributed by atoms with van der Waals surface area (Å²) in [6.45, 7) is 2.09. The van der Waals surface area contributed by atoms with Gasteiger partial charge in [-0.15, -0.1) is 0 Å². The molecule has 0 radical (unpaired) electrons. The first-order valence-electron chi connectivity index (χ1n) is 11.0. The highest BCUT2D eigenvalue weighted by molar-refractivity contribution is 6.22. The predicted octanol–water partition coefficient (Wildman–Crippen LogP) is 4.65. The molecule has 0 aromatic heterocycles. The molecule has 178 valence electrons. The Morgan fingerprint density at radius 2 is 1.80 bits per heavy atom. The van der Waals surface area contributed by atoms with Gasteiger partial charge in [-0.2, -0.15) is 0 Å². The molecule has 1 aliphatic heterocycles. The number of hydrogen-bond acceptors (Lipinski definition) is 6. The van der Waals surface area contributed by atoms with Crippen LogP contribution in [0.3, 0.4) is 0 Å². The number of nitrogens with one attached hydrogen (secondary N) is 1. The molecular formula is C27H25N3O5. The Labute approximate surface area is 203 Å². The van der Waals surface area contributed by atoms with Crippen molar-refractivity contribution in [2.75, 3.05) is 26.1 Å². The first kappa shape index (κ1) is 23.7. The SMILES string of the molecule is COc1ccc(C(=O)Nc2cccc(C)c2)c(N=CCCN2C(=O)c3cccc(OC)c3C2=O)c1. The van der Waals surface area contributed by atoms with Crippen LogP contribution in [0.5, 0.6) is 11.5 Å². The Hall–Kier alpha value is -4.46. The lowest BCUT2D eigenvalue weighted by atomic mass is 10.1. The van der Waals surface area contributed by atoms with Crippen molar-refractivity contribution >= 4 is 35.3 Å². The van der Waals surface area contributed by atoms with Crippen LogP contribution < -0.4 is 14.8 Å². The number of nitrogens with zero attached hydrogens (tertiary/aromatic N) is 2. The Morgan fingerprint density at radius 1 is 1.00 bits per heavy atom. The number of rotatable bonds is 8. The van der Waals surface area contributed by atoms with E-state index in [0.717, 1.165) is 5.56 Å². The summed E-state index contributed by atoms with van der Waals surface area (Å²) in [5.74, 6) is -0.139. The predicted molar refractivity (Wildman–Crippen MR) is 133 cm³/mol. The number of carbonyl (C=O) groups is 3. The molecular weight excluding hydrogens is 446 g/mol. The normalized spacial score (nSPS) is 12.7. The molecule has 3 amide bonds. The van der Waals surface area contributed by atoms with Gasteiger partial charge < -0.3 is 14.8 Å². The van der Waals surface area contributed by atoms with Gasteiger partial charge in [0.25, 0.3) is 17.7 Å². The third-order valence-corrected chi connectivity index (χ3v) is 5.62. The molecule has 1 aliphatic rings.